The second-order valence-electron chi connectivity index (χ2n) is 2.64. The van der Waals surface area contributed by atoms with Gasteiger partial charge in [0.2, 0.25) is 0 Å². The van der Waals surface area contributed by atoms with Gasteiger partial charge in [0.05, 0.1) is 0 Å². The number of aliphatic imine (C=N–C) groups is 1. The molecule has 0 heterocycles. The van der Waals surface area contributed by atoms with Crippen LogP contribution in [0.25, 0.3) is 0 Å². The fraction of sp³-hybridized carbons (Fsp3) is 0.875. The minimum atomic E-state index is -0.927. The molecule has 0 unspecified atom stereocenters. The summed E-state index contributed by atoms with van der Waals surface area (Å²) < 4.78 is 13.1. The fourth-order valence-corrected chi connectivity index (χ4v) is 1.14. The van der Waals surface area contributed by atoms with E-state index in [4.69, 9.17) is 0 Å². The SMILES string of the molecule is CC[C@H](Br)[C@@H](C)[C@H](F)C=NC. The van der Waals surface area contributed by atoms with E-state index in [0.717, 1.165) is 6.42 Å². The van der Waals surface area contributed by atoms with Crippen molar-refractivity contribution in [3.8, 4) is 0 Å². The standard InChI is InChI=1S/C8H15BrFN/c1-4-7(9)6(2)8(10)5-11-3/h5-8H,4H2,1-3H3/t6-,7+,8-/m1/s1. The molecule has 66 valence electrons. The topological polar surface area (TPSA) is 12.4 Å². The first-order chi connectivity index (χ1) is 5.13. The first-order valence-electron chi connectivity index (χ1n) is 3.83. The van der Waals surface area contributed by atoms with Crippen molar-refractivity contribution in [3.63, 3.8) is 0 Å². The Balaban J connectivity index is 3.90. The molecule has 0 radical (unpaired) electrons. The Hall–Kier alpha value is 0.0800. The zero-order valence-corrected chi connectivity index (χ0v) is 8.81. The molecule has 0 N–H and O–H groups in total. The van der Waals surface area contributed by atoms with Crippen molar-refractivity contribution in [1.29, 1.82) is 0 Å². The van der Waals surface area contributed by atoms with E-state index in [0.29, 0.717) is 0 Å². The van der Waals surface area contributed by atoms with E-state index in [9.17, 15) is 4.39 Å². The summed E-state index contributed by atoms with van der Waals surface area (Å²) in [5.41, 5.74) is 0. The van der Waals surface area contributed by atoms with Crippen molar-refractivity contribution in [2.24, 2.45) is 10.9 Å². The normalized spacial score (nSPS) is 20.1. The number of hydrogen-bond acceptors (Lipinski definition) is 1. The highest BCUT2D eigenvalue weighted by Crippen LogP contribution is 2.20. The van der Waals surface area contributed by atoms with Gasteiger partial charge in [-0.25, -0.2) is 4.39 Å². The monoisotopic (exact) mass is 223 g/mol. The van der Waals surface area contributed by atoms with E-state index in [2.05, 4.69) is 20.9 Å². The third kappa shape index (κ3) is 3.85. The maximum Gasteiger partial charge on any atom is 0.138 e. The Morgan fingerprint density at radius 2 is 2.18 bits per heavy atom. The molecular formula is C8H15BrFN. The van der Waals surface area contributed by atoms with Gasteiger partial charge in [-0.15, -0.1) is 0 Å². The molecule has 1 nitrogen and oxygen atoms in total. The zero-order valence-electron chi connectivity index (χ0n) is 7.22. The van der Waals surface area contributed by atoms with Crippen LogP contribution in [0.4, 0.5) is 4.39 Å². The Morgan fingerprint density at radius 1 is 1.64 bits per heavy atom. The minimum absolute atomic E-state index is 0.00343. The molecule has 0 aliphatic rings. The summed E-state index contributed by atoms with van der Waals surface area (Å²) in [5, 5.41) is 0. The van der Waals surface area contributed by atoms with Gasteiger partial charge in [0.1, 0.15) is 6.17 Å². The summed E-state index contributed by atoms with van der Waals surface area (Å²) in [5.74, 6) is 0.00343. The van der Waals surface area contributed by atoms with Gasteiger partial charge < -0.3 is 0 Å². The van der Waals surface area contributed by atoms with E-state index in [1.807, 2.05) is 13.8 Å². The summed E-state index contributed by atoms with van der Waals surface area (Å²) in [6, 6.07) is 0. The van der Waals surface area contributed by atoms with E-state index < -0.39 is 6.17 Å². The lowest BCUT2D eigenvalue weighted by molar-refractivity contribution is 0.316. The number of alkyl halides is 2. The predicted molar refractivity (Wildman–Crippen MR) is 51.5 cm³/mol. The largest absolute Gasteiger partial charge is 0.298 e. The Bertz CT molecular complexity index is 127. The van der Waals surface area contributed by atoms with Crippen LogP contribution in [-0.2, 0) is 0 Å². The van der Waals surface area contributed by atoms with Gasteiger partial charge in [0.25, 0.3) is 0 Å². The van der Waals surface area contributed by atoms with Crippen LogP contribution in [-0.4, -0.2) is 24.3 Å². The van der Waals surface area contributed by atoms with Crippen LogP contribution < -0.4 is 0 Å². The van der Waals surface area contributed by atoms with E-state index in [1.54, 1.807) is 7.05 Å². The summed E-state index contributed by atoms with van der Waals surface area (Å²) in [4.78, 5) is 3.90. The highest BCUT2D eigenvalue weighted by molar-refractivity contribution is 9.09. The Labute approximate surface area is 76.2 Å². The first kappa shape index (κ1) is 11.1. The van der Waals surface area contributed by atoms with Gasteiger partial charge in [0, 0.05) is 24.0 Å². The summed E-state index contributed by atoms with van der Waals surface area (Å²) in [6.07, 6.45) is 1.37. The van der Waals surface area contributed by atoms with E-state index in [1.165, 1.54) is 6.21 Å². The van der Waals surface area contributed by atoms with Crippen LogP contribution in [0, 0.1) is 5.92 Å². The lowest BCUT2D eigenvalue weighted by Crippen LogP contribution is -2.22. The average Bonchev–Trinajstić information content (AvgIpc) is 2.02. The second-order valence-corrected chi connectivity index (χ2v) is 3.81. The van der Waals surface area contributed by atoms with Gasteiger partial charge in [-0.3, -0.25) is 4.99 Å². The molecule has 0 rings (SSSR count). The van der Waals surface area contributed by atoms with Gasteiger partial charge in [-0.1, -0.05) is 29.8 Å². The highest BCUT2D eigenvalue weighted by atomic mass is 79.9. The van der Waals surface area contributed by atoms with Gasteiger partial charge >= 0.3 is 0 Å². The van der Waals surface area contributed by atoms with Gasteiger partial charge in [-0.2, -0.15) is 0 Å². The molecule has 0 saturated carbocycles. The molecule has 0 spiro atoms. The summed E-state index contributed by atoms with van der Waals surface area (Å²) in [7, 11) is 1.59. The molecule has 0 aromatic rings. The molecule has 0 bridgehead atoms. The molecular weight excluding hydrogens is 209 g/mol. The fourth-order valence-electron chi connectivity index (χ4n) is 0.849. The smallest absolute Gasteiger partial charge is 0.138 e. The van der Waals surface area contributed by atoms with Crippen LogP contribution in [0.2, 0.25) is 0 Å². The molecule has 0 saturated heterocycles. The summed E-state index contributed by atoms with van der Waals surface area (Å²) >= 11 is 3.41. The molecule has 3 heteroatoms. The quantitative estimate of drug-likeness (QED) is 0.514. The Morgan fingerprint density at radius 3 is 2.55 bits per heavy atom. The average molecular weight is 224 g/mol. The van der Waals surface area contributed by atoms with Gasteiger partial charge in [-0.05, 0) is 6.42 Å². The van der Waals surface area contributed by atoms with E-state index >= 15 is 0 Å². The molecule has 0 aromatic carbocycles. The summed E-state index contributed by atoms with van der Waals surface area (Å²) in [6.45, 7) is 3.92. The van der Waals surface area contributed by atoms with Crippen molar-refractivity contribution in [1.82, 2.24) is 0 Å². The molecule has 0 aromatic heterocycles. The van der Waals surface area contributed by atoms with Gasteiger partial charge in [0.15, 0.2) is 0 Å². The second kappa shape index (κ2) is 5.70. The Kier molecular flexibility index (Phi) is 5.74. The van der Waals surface area contributed by atoms with E-state index in [-0.39, 0.29) is 10.7 Å². The molecule has 11 heavy (non-hydrogen) atoms. The lowest BCUT2D eigenvalue weighted by Gasteiger charge is -2.17. The van der Waals surface area contributed by atoms with Crippen LogP contribution in [0.15, 0.2) is 4.99 Å². The predicted octanol–water partition coefficient (Wildman–Crippen LogP) is 2.83. The van der Waals surface area contributed by atoms with Crippen molar-refractivity contribution in [2.45, 2.75) is 31.3 Å². The van der Waals surface area contributed by atoms with Crippen LogP contribution in [0.3, 0.4) is 0 Å². The highest BCUT2D eigenvalue weighted by Gasteiger charge is 2.20. The number of halogens is 2. The minimum Gasteiger partial charge on any atom is -0.298 e. The van der Waals surface area contributed by atoms with Crippen LogP contribution in [0.5, 0.6) is 0 Å². The molecule has 0 aliphatic carbocycles. The van der Waals surface area contributed by atoms with Crippen molar-refractivity contribution >= 4 is 22.1 Å². The molecule has 0 aliphatic heterocycles. The number of nitrogens with zero attached hydrogens (tertiary/aromatic N) is 1. The molecule has 0 amide bonds. The zero-order chi connectivity index (χ0) is 8.85. The van der Waals surface area contributed by atoms with Crippen LogP contribution >= 0.6 is 15.9 Å². The van der Waals surface area contributed by atoms with Crippen molar-refractivity contribution in [2.75, 3.05) is 7.05 Å². The van der Waals surface area contributed by atoms with Crippen LogP contribution in [0.1, 0.15) is 20.3 Å². The third-order valence-electron chi connectivity index (χ3n) is 1.75. The molecule has 0 fully saturated rings. The lowest BCUT2D eigenvalue weighted by atomic mass is 10.0. The molecule has 3 atom stereocenters. The van der Waals surface area contributed by atoms with Crippen molar-refractivity contribution < 1.29 is 4.39 Å². The third-order valence-corrected chi connectivity index (χ3v) is 3.24. The van der Waals surface area contributed by atoms with Crippen molar-refractivity contribution in [3.05, 3.63) is 0 Å². The first-order valence-corrected chi connectivity index (χ1v) is 4.75. The number of hydrogen-bond donors (Lipinski definition) is 0. The maximum absolute atomic E-state index is 13.1. The maximum atomic E-state index is 13.1. The number of rotatable bonds is 4.